The Labute approximate surface area is 77.2 Å². The summed E-state index contributed by atoms with van der Waals surface area (Å²) < 4.78 is 3.78. The quantitative estimate of drug-likeness (QED) is 0.780. The van der Waals surface area contributed by atoms with Gasteiger partial charge in [0.05, 0.1) is 5.69 Å². The molecule has 1 unspecified atom stereocenters. The van der Waals surface area contributed by atoms with Crippen molar-refractivity contribution in [2.45, 2.75) is 32.7 Å². The first-order valence-electron chi connectivity index (χ1n) is 4.22. The van der Waals surface area contributed by atoms with E-state index in [1.807, 2.05) is 5.38 Å². The highest BCUT2D eigenvalue weighted by molar-refractivity contribution is 7.03. The number of rotatable bonds is 4. The standard InChI is InChI=1S/C8H15N3S/c1-6(2)3-4-7(9)8-5-12-11-10-8/h5-7H,3-4,9H2,1-2H3. The predicted octanol–water partition coefficient (Wildman–Crippen LogP) is 1.97. The summed E-state index contributed by atoms with van der Waals surface area (Å²) in [6.07, 6.45) is 2.15. The van der Waals surface area contributed by atoms with Crippen LogP contribution in [0.25, 0.3) is 0 Å². The molecule has 1 atom stereocenters. The van der Waals surface area contributed by atoms with Crippen LogP contribution in [0.2, 0.25) is 0 Å². The lowest BCUT2D eigenvalue weighted by atomic mass is 10.0. The maximum atomic E-state index is 5.89. The van der Waals surface area contributed by atoms with Crippen molar-refractivity contribution in [2.24, 2.45) is 11.7 Å². The van der Waals surface area contributed by atoms with E-state index < -0.39 is 0 Å². The third-order valence-corrected chi connectivity index (χ3v) is 2.33. The number of nitrogens with zero attached hydrogens (tertiary/aromatic N) is 2. The van der Waals surface area contributed by atoms with Crippen LogP contribution >= 0.6 is 11.5 Å². The van der Waals surface area contributed by atoms with Gasteiger partial charge in [-0.1, -0.05) is 18.3 Å². The molecule has 0 saturated carbocycles. The van der Waals surface area contributed by atoms with Crippen LogP contribution in [0.1, 0.15) is 38.4 Å². The van der Waals surface area contributed by atoms with Gasteiger partial charge in [0.1, 0.15) is 0 Å². The summed E-state index contributed by atoms with van der Waals surface area (Å²) >= 11 is 1.36. The van der Waals surface area contributed by atoms with E-state index in [0.29, 0.717) is 5.92 Å². The minimum Gasteiger partial charge on any atom is -0.323 e. The molecule has 0 bridgehead atoms. The van der Waals surface area contributed by atoms with Crippen molar-refractivity contribution >= 4 is 11.5 Å². The number of hydrogen-bond acceptors (Lipinski definition) is 4. The molecule has 3 nitrogen and oxygen atoms in total. The second-order valence-electron chi connectivity index (χ2n) is 3.41. The smallest absolute Gasteiger partial charge is 0.0922 e. The lowest BCUT2D eigenvalue weighted by Gasteiger charge is -2.09. The van der Waals surface area contributed by atoms with Crippen LogP contribution in [-0.4, -0.2) is 9.59 Å². The Kier molecular flexibility index (Phi) is 3.62. The molecule has 0 spiro atoms. The van der Waals surface area contributed by atoms with Gasteiger partial charge in [-0.05, 0) is 30.3 Å². The summed E-state index contributed by atoms with van der Waals surface area (Å²) in [6, 6.07) is 0.0751. The lowest BCUT2D eigenvalue weighted by molar-refractivity contribution is 0.501. The van der Waals surface area contributed by atoms with Crippen LogP contribution < -0.4 is 5.73 Å². The zero-order valence-corrected chi connectivity index (χ0v) is 8.34. The zero-order chi connectivity index (χ0) is 8.97. The first-order valence-corrected chi connectivity index (χ1v) is 5.06. The Hall–Kier alpha value is -0.480. The van der Waals surface area contributed by atoms with Crippen molar-refractivity contribution in [3.8, 4) is 0 Å². The van der Waals surface area contributed by atoms with Gasteiger partial charge in [-0.3, -0.25) is 0 Å². The van der Waals surface area contributed by atoms with E-state index in [1.54, 1.807) is 0 Å². The molecule has 0 aliphatic heterocycles. The molecular formula is C8H15N3S. The van der Waals surface area contributed by atoms with E-state index in [0.717, 1.165) is 18.5 Å². The van der Waals surface area contributed by atoms with Gasteiger partial charge in [0.25, 0.3) is 0 Å². The highest BCUT2D eigenvalue weighted by Crippen LogP contribution is 2.16. The molecule has 1 rings (SSSR count). The molecule has 1 aromatic heterocycles. The van der Waals surface area contributed by atoms with E-state index in [2.05, 4.69) is 23.4 Å². The van der Waals surface area contributed by atoms with Crippen LogP contribution in [0, 0.1) is 5.92 Å². The summed E-state index contributed by atoms with van der Waals surface area (Å²) in [5.41, 5.74) is 6.82. The van der Waals surface area contributed by atoms with Crippen LogP contribution in [0.4, 0.5) is 0 Å². The van der Waals surface area contributed by atoms with Crippen LogP contribution in [0.5, 0.6) is 0 Å². The van der Waals surface area contributed by atoms with Crippen molar-refractivity contribution in [3.63, 3.8) is 0 Å². The van der Waals surface area contributed by atoms with Crippen molar-refractivity contribution < 1.29 is 0 Å². The summed E-state index contributed by atoms with van der Waals surface area (Å²) in [7, 11) is 0. The molecule has 0 radical (unpaired) electrons. The van der Waals surface area contributed by atoms with E-state index in [9.17, 15) is 0 Å². The van der Waals surface area contributed by atoms with Gasteiger partial charge in [0, 0.05) is 11.4 Å². The molecule has 0 aromatic carbocycles. The topological polar surface area (TPSA) is 51.8 Å². The molecule has 12 heavy (non-hydrogen) atoms. The van der Waals surface area contributed by atoms with Gasteiger partial charge in [-0.15, -0.1) is 5.10 Å². The first kappa shape index (κ1) is 9.61. The molecule has 0 saturated heterocycles. The molecule has 0 aliphatic carbocycles. The van der Waals surface area contributed by atoms with Crippen LogP contribution in [-0.2, 0) is 0 Å². The van der Waals surface area contributed by atoms with Crippen LogP contribution in [0.3, 0.4) is 0 Å². The minimum absolute atomic E-state index is 0.0751. The lowest BCUT2D eigenvalue weighted by Crippen LogP contribution is -2.11. The molecule has 0 aliphatic rings. The molecule has 0 fully saturated rings. The van der Waals surface area contributed by atoms with Crippen molar-refractivity contribution in [1.82, 2.24) is 9.59 Å². The van der Waals surface area contributed by atoms with Gasteiger partial charge in [-0.2, -0.15) is 0 Å². The van der Waals surface area contributed by atoms with Crippen LogP contribution in [0.15, 0.2) is 5.38 Å². The average Bonchev–Trinajstić information content (AvgIpc) is 2.51. The third kappa shape index (κ3) is 2.87. The molecule has 1 heterocycles. The van der Waals surface area contributed by atoms with Gasteiger partial charge in [0.15, 0.2) is 0 Å². The Morgan fingerprint density at radius 2 is 2.25 bits per heavy atom. The molecule has 1 aromatic rings. The fourth-order valence-electron chi connectivity index (χ4n) is 0.994. The van der Waals surface area contributed by atoms with E-state index >= 15 is 0 Å². The van der Waals surface area contributed by atoms with E-state index in [4.69, 9.17) is 5.73 Å². The maximum absolute atomic E-state index is 5.89. The first-order chi connectivity index (χ1) is 5.70. The van der Waals surface area contributed by atoms with Gasteiger partial charge in [0.2, 0.25) is 0 Å². The number of nitrogens with two attached hydrogens (primary N) is 1. The van der Waals surface area contributed by atoms with Crippen molar-refractivity contribution in [3.05, 3.63) is 11.1 Å². The fourth-order valence-corrected chi connectivity index (χ4v) is 1.51. The largest absolute Gasteiger partial charge is 0.323 e. The SMILES string of the molecule is CC(C)CCC(N)c1csnn1. The second-order valence-corrected chi connectivity index (χ2v) is 4.02. The Bertz CT molecular complexity index is 208. The predicted molar refractivity (Wildman–Crippen MR) is 50.9 cm³/mol. The molecule has 68 valence electrons. The van der Waals surface area contributed by atoms with Gasteiger partial charge >= 0.3 is 0 Å². The highest BCUT2D eigenvalue weighted by Gasteiger charge is 2.08. The van der Waals surface area contributed by atoms with Gasteiger partial charge < -0.3 is 5.73 Å². The minimum atomic E-state index is 0.0751. The van der Waals surface area contributed by atoms with Crippen molar-refractivity contribution in [2.75, 3.05) is 0 Å². The zero-order valence-electron chi connectivity index (χ0n) is 7.53. The summed E-state index contributed by atoms with van der Waals surface area (Å²) in [4.78, 5) is 0. The third-order valence-electron chi connectivity index (χ3n) is 1.81. The molecule has 0 amide bonds. The summed E-state index contributed by atoms with van der Waals surface area (Å²) in [5, 5.41) is 5.86. The Morgan fingerprint density at radius 3 is 2.75 bits per heavy atom. The van der Waals surface area contributed by atoms with Crippen molar-refractivity contribution in [1.29, 1.82) is 0 Å². The second kappa shape index (κ2) is 4.52. The Balaban J connectivity index is 2.34. The number of aromatic nitrogens is 2. The summed E-state index contributed by atoms with van der Waals surface area (Å²) in [6.45, 7) is 4.40. The van der Waals surface area contributed by atoms with E-state index in [-0.39, 0.29) is 6.04 Å². The molecular weight excluding hydrogens is 170 g/mol. The maximum Gasteiger partial charge on any atom is 0.0922 e. The Morgan fingerprint density at radius 1 is 1.50 bits per heavy atom. The monoisotopic (exact) mass is 185 g/mol. The average molecular weight is 185 g/mol. The molecule has 4 heteroatoms. The van der Waals surface area contributed by atoms with Gasteiger partial charge in [-0.25, -0.2) is 0 Å². The molecule has 2 N–H and O–H groups in total. The summed E-state index contributed by atoms with van der Waals surface area (Å²) in [5.74, 6) is 0.711. The fraction of sp³-hybridized carbons (Fsp3) is 0.750. The van der Waals surface area contributed by atoms with E-state index in [1.165, 1.54) is 11.5 Å². The normalized spacial score (nSPS) is 13.7. The highest BCUT2D eigenvalue weighted by atomic mass is 32.1. The number of hydrogen-bond donors (Lipinski definition) is 1.